The van der Waals surface area contributed by atoms with Crippen LogP contribution in [0.3, 0.4) is 0 Å². The van der Waals surface area contributed by atoms with E-state index in [4.69, 9.17) is 32.9 Å². The first kappa shape index (κ1) is 30.0. The molecule has 236 valence electrons. The molecule has 7 rings (SSSR count). The van der Waals surface area contributed by atoms with E-state index in [-0.39, 0.29) is 36.3 Å². The van der Waals surface area contributed by atoms with Crippen molar-refractivity contribution in [2.45, 2.75) is 44.0 Å². The molecule has 0 radical (unpaired) electrons. The molecule has 4 aromatic rings. The van der Waals surface area contributed by atoms with Crippen molar-refractivity contribution in [1.82, 2.24) is 19.4 Å². The Labute approximate surface area is 270 Å². The minimum Gasteiger partial charge on any atom is -0.458 e. The van der Waals surface area contributed by atoms with E-state index >= 15 is 0 Å². The molecule has 1 saturated heterocycles. The fourth-order valence-electron chi connectivity index (χ4n) is 6.83. The number of aromatic nitrogens is 3. The minimum absolute atomic E-state index is 0.0267. The Kier molecular flexibility index (Phi) is 7.99. The Balaban J connectivity index is 1.24. The van der Waals surface area contributed by atoms with Gasteiger partial charge in [0, 0.05) is 55.2 Å². The zero-order valence-corrected chi connectivity index (χ0v) is 25.8. The third-order valence-electron chi connectivity index (χ3n) is 9.30. The summed E-state index contributed by atoms with van der Waals surface area (Å²) in [5, 5.41) is 1.58. The summed E-state index contributed by atoms with van der Waals surface area (Å²) in [7, 11) is 0. The summed E-state index contributed by atoms with van der Waals surface area (Å²) in [5.74, 6) is -1.60. The first-order valence-electron chi connectivity index (χ1n) is 15.4. The molecule has 46 heavy (non-hydrogen) atoms. The van der Waals surface area contributed by atoms with Gasteiger partial charge in [0.05, 0.1) is 23.3 Å². The lowest BCUT2D eigenvalue weighted by Gasteiger charge is -2.41. The number of hydrogen-bond donors (Lipinski definition) is 0. The van der Waals surface area contributed by atoms with Crippen molar-refractivity contribution in [3.8, 4) is 6.01 Å². The van der Waals surface area contributed by atoms with Crippen LogP contribution in [0.2, 0.25) is 5.02 Å². The first-order chi connectivity index (χ1) is 22.3. The van der Waals surface area contributed by atoms with Crippen LogP contribution < -0.4 is 14.5 Å². The fraction of sp³-hybridized carbons (Fsp3) is 0.353. The molecule has 2 aliphatic heterocycles. The average Bonchev–Trinajstić information content (AvgIpc) is 3.57. The van der Waals surface area contributed by atoms with E-state index < -0.39 is 23.6 Å². The van der Waals surface area contributed by atoms with Crippen molar-refractivity contribution in [3.05, 3.63) is 101 Å². The molecule has 4 heterocycles. The van der Waals surface area contributed by atoms with E-state index in [1.165, 1.54) is 11.0 Å². The number of hydrogen-bond acceptors (Lipinski definition) is 6. The highest BCUT2D eigenvalue weighted by Crippen LogP contribution is 2.40. The second-order valence-corrected chi connectivity index (χ2v) is 12.3. The van der Waals surface area contributed by atoms with Gasteiger partial charge in [-0.1, -0.05) is 36.4 Å². The molecule has 12 heteroatoms. The van der Waals surface area contributed by atoms with Crippen molar-refractivity contribution < 1.29 is 18.3 Å². The lowest BCUT2D eigenvalue weighted by Crippen LogP contribution is -2.57. The van der Waals surface area contributed by atoms with Crippen molar-refractivity contribution >= 4 is 39.8 Å². The van der Waals surface area contributed by atoms with Gasteiger partial charge in [0.1, 0.15) is 23.8 Å². The smallest absolute Gasteiger partial charge is 0.319 e. The predicted octanol–water partition coefficient (Wildman–Crippen LogP) is 5.99. The van der Waals surface area contributed by atoms with Gasteiger partial charge in [-0.15, -0.1) is 0 Å². The van der Waals surface area contributed by atoms with Crippen LogP contribution in [-0.2, 0) is 17.8 Å². The van der Waals surface area contributed by atoms with Gasteiger partial charge in [-0.25, -0.2) is 15.4 Å². The van der Waals surface area contributed by atoms with Crippen LogP contribution in [0.4, 0.5) is 20.3 Å². The summed E-state index contributed by atoms with van der Waals surface area (Å²) in [5.41, 5.74) is 2.55. The van der Waals surface area contributed by atoms with Crippen LogP contribution in [0.15, 0.2) is 67.3 Å². The maximum atomic E-state index is 14.6. The lowest BCUT2D eigenvalue weighted by atomic mass is 9.89. The zero-order valence-electron chi connectivity index (χ0n) is 25.1. The van der Waals surface area contributed by atoms with Gasteiger partial charge in [-0.05, 0) is 48.9 Å². The Morgan fingerprint density at radius 2 is 1.91 bits per heavy atom. The number of anilines is 2. The molecule has 1 saturated carbocycles. The standard InChI is InChI=1S/C34H32ClF2N7O2/c1-21(36)33(45)44-17-16-43(19-23(44)18-38-2)32-24-12-15-42(28-7-5-6-22-8-9-25(37)31(35)30(22)28)20-26(24)39-34(40-32)46-29-11-10-27(29)41-13-3-4-14-41/h3-9,13-14,23,27,29H,1,10-12,15-20H2/t23-,27?,29?/m0/s1. The molecular weight excluding hydrogens is 612 g/mol. The zero-order chi connectivity index (χ0) is 31.9. The molecule has 0 N–H and O–H groups in total. The molecule has 2 unspecified atom stereocenters. The molecular formula is C34H32ClF2N7O2. The van der Waals surface area contributed by atoms with Gasteiger partial charge in [-0.3, -0.25) is 4.79 Å². The third kappa shape index (κ3) is 5.41. The van der Waals surface area contributed by atoms with Crippen molar-refractivity contribution in [2.75, 3.05) is 42.5 Å². The number of fused-ring (bicyclic) bond motifs is 2. The molecule has 2 fully saturated rings. The molecule has 0 spiro atoms. The van der Waals surface area contributed by atoms with Crippen LogP contribution in [0.5, 0.6) is 6.01 Å². The van der Waals surface area contributed by atoms with Crippen molar-refractivity contribution in [1.29, 1.82) is 0 Å². The summed E-state index contributed by atoms with van der Waals surface area (Å²) >= 11 is 6.50. The average molecular weight is 644 g/mol. The van der Waals surface area contributed by atoms with E-state index in [1.54, 1.807) is 6.07 Å². The molecule has 3 atom stereocenters. The van der Waals surface area contributed by atoms with E-state index in [0.717, 1.165) is 35.2 Å². The summed E-state index contributed by atoms with van der Waals surface area (Å²) in [6.45, 7) is 12.6. The number of piperazine rings is 1. The van der Waals surface area contributed by atoms with Gasteiger partial charge >= 0.3 is 6.01 Å². The Hall–Kier alpha value is -4.69. The molecule has 0 bridgehead atoms. The van der Waals surface area contributed by atoms with E-state index in [0.29, 0.717) is 43.8 Å². The highest BCUT2D eigenvalue weighted by Gasteiger charge is 2.38. The number of carbonyl (C=O) groups excluding carboxylic acids is 1. The largest absolute Gasteiger partial charge is 0.458 e. The number of nitrogens with zero attached hydrogens (tertiary/aromatic N) is 7. The minimum atomic E-state index is -1.04. The molecule has 1 aliphatic carbocycles. The van der Waals surface area contributed by atoms with Gasteiger partial charge in [0.15, 0.2) is 5.83 Å². The van der Waals surface area contributed by atoms with E-state index in [9.17, 15) is 13.6 Å². The number of rotatable bonds is 7. The van der Waals surface area contributed by atoms with Crippen LogP contribution in [-0.4, -0.2) is 70.2 Å². The molecule has 9 nitrogen and oxygen atoms in total. The monoisotopic (exact) mass is 643 g/mol. The predicted molar refractivity (Wildman–Crippen MR) is 172 cm³/mol. The van der Waals surface area contributed by atoms with Crippen molar-refractivity contribution in [3.63, 3.8) is 0 Å². The van der Waals surface area contributed by atoms with Crippen LogP contribution in [0.25, 0.3) is 15.6 Å². The number of carbonyl (C=O) groups is 1. The maximum absolute atomic E-state index is 14.6. The normalized spacial score (nSPS) is 21.0. The summed E-state index contributed by atoms with van der Waals surface area (Å²) < 4.78 is 37.0. The maximum Gasteiger partial charge on any atom is 0.319 e. The van der Waals surface area contributed by atoms with Crippen molar-refractivity contribution in [2.24, 2.45) is 0 Å². The van der Waals surface area contributed by atoms with Crippen LogP contribution >= 0.6 is 11.6 Å². The highest BCUT2D eigenvalue weighted by molar-refractivity contribution is 6.36. The Bertz CT molecular complexity index is 1860. The topological polar surface area (TPSA) is 71.1 Å². The van der Waals surface area contributed by atoms with Gasteiger partial charge < -0.3 is 28.8 Å². The summed E-state index contributed by atoms with van der Waals surface area (Å²) in [6, 6.07) is 12.8. The summed E-state index contributed by atoms with van der Waals surface area (Å²) in [4.78, 5) is 31.6. The second-order valence-electron chi connectivity index (χ2n) is 11.9. The molecule has 1 amide bonds. The van der Waals surface area contributed by atoms with E-state index in [2.05, 4.69) is 25.8 Å². The second kappa shape index (κ2) is 12.2. The van der Waals surface area contributed by atoms with E-state index in [1.807, 2.05) is 42.7 Å². The third-order valence-corrected chi connectivity index (χ3v) is 9.67. The molecule has 2 aromatic carbocycles. The number of ether oxygens (including phenoxy) is 1. The quantitative estimate of drug-likeness (QED) is 0.182. The van der Waals surface area contributed by atoms with Gasteiger partial charge in [0.25, 0.3) is 5.91 Å². The lowest BCUT2D eigenvalue weighted by molar-refractivity contribution is -0.131. The number of halogens is 3. The van der Waals surface area contributed by atoms with Crippen LogP contribution in [0, 0.1) is 12.4 Å². The molecule has 2 aromatic heterocycles. The SMILES string of the molecule is [C-]#[N+]C[C@H]1CN(c2nc(OC3CCC3n3cccc3)nc3c2CCN(c2cccc4ccc(F)c(Cl)c24)C3)CCN1C(=O)C(=C)F. The fourth-order valence-corrected chi connectivity index (χ4v) is 7.10. The Morgan fingerprint density at radius 1 is 1.09 bits per heavy atom. The number of amides is 1. The number of benzene rings is 2. The Morgan fingerprint density at radius 3 is 2.65 bits per heavy atom. The van der Waals surface area contributed by atoms with Crippen LogP contribution in [0.1, 0.15) is 30.1 Å². The molecule has 3 aliphatic rings. The van der Waals surface area contributed by atoms with Gasteiger partial charge in [0.2, 0.25) is 6.54 Å². The summed E-state index contributed by atoms with van der Waals surface area (Å²) in [6.07, 6.45) is 6.40. The first-order valence-corrected chi connectivity index (χ1v) is 15.7. The van der Waals surface area contributed by atoms with Gasteiger partial charge in [-0.2, -0.15) is 9.97 Å². The highest BCUT2D eigenvalue weighted by atomic mass is 35.5.